The lowest BCUT2D eigenvalue weighted by Gasteiger charge is -2.16. The molecule has 6 N–H and O–H groups in total. The van der Waals surface area contributed by atoms with Gasteiger partial charge in [0.15, 0.2) is 11.5 Å². The second kappa shape index (κ2) is 8.79. The number of ether oxygens (including phenoxy) is 4. The summed E-state index contributed by atoms with van der Waals surface area (Å²) < 4.78 is 27.5. The monoisotopic (exact) mass is 463 g/mol. The number of aromatic hydroxyl groups is 3. The van der Waals surface area contributed by atoms with Crippen LogP contribution in [0.3, 0.4) is 0 Å². The Morgan fingerprint density at radius 3 is 2.15 bits per heavy atom. The largest absolute Gasteiger partial charge is 0.507 e. The summed E-state index contributed by atoms with van der Waals surface area (Å²) in [5, 5.41) is 60.2. The molecule has 11 heteroatoms. The van der Waals surface area contributed by atoms with Crippen molar-refractivity contribution in [1.82, 2.24) is 0 Å². The second-order valence-electron chi connectivity index (χ2n) is 7.37. The zero-order valence-electron chi connectivity index (χ0n) is 17.6. The number of phenolic OH excluding ortho intramolecular Hbond substituents is 3. The van der Waals surface area contributed by atoms with Gasteiger partial charge in [0.05, 0.1) is 32.5 Å². The molecule has 0 spiro atoms. The number of benzene rings is 2. The van der Waals surface area contributed by atoms with E-state index in [2.05, 4.69) is 0 Å². The third kappa shape index (κ3) is 4.02. The number of methoxy groups -OCH3 is 2. The van der Waals surface area contributed by atoms with Crippen molar-refractivity contribution in [2.75, 3.05) is 20.8 Å². The third-order valence-electron chi connectivity index (χ3n) is 5.30. The lowest BCUT2D eigenvalue weighted by atomic mass is 10.1. The van der Waals surface area contributed by atoms with Crippen molar-refractivity contribution in [2.45, 2.75) is 24.6 Å². The SMILES string of the molecule is COc1cc(-c2[o+]c3cc(O)cc(O)c3cc2O[C@H]2O[C@@H](CO)[C@H](O)[C@H]2O)cc(OC)c1O. The first-order valence-corrected chi connectivity index (χ1v) is 9.84. The Labute approximate surface area is 187 Å². The van der Waals surface area contributed by atoms with Gasteiger partial charge in [-0.15, -0.1) is 0 Å². The predicted molar refractivity (Wildman–Crippen MR) is 113 cm³/mol. The lowest BCUT2D eigenvalue weighted by Crippen LogP contribution is -2.35. The maximum atomic E-state index is 10.3. The Balaban J connectivity index is 1.89. The van der Waals surface area contributed by atoms with Gasteiger partial charge in [0.1, 0.15) is 35.2 Å². The van der Waals surface area contributed by atoms with Crippen molar-refractivity contribution in [3.63, 3.8) is 0 Å². The summed E-state index contributed by atoms with van der Waals surface area (Å²) in [5.41, 5.74) is 0.412. The number of hydrogen-bond donors (Lipinski definition) is 6. The summed E-state index contributed by atoms with van der Waals surface area (Å²) in [6.45, 7) is -0.542. The molecule has 1 aliphatic heterocycles. The van der Waals surface area contributed by atoms with E-state index in [9.17, 15) is 30.6 Å². The molecule has 2 heterocycles. The van der Waals surface area contributed by atoms with Crippen molar-refractivity contribution in [2.24, 2.45) is 0 Å². The Kier molecular flexibility index (Phi) is 6.04. The Bertz CT molecular complexity index is 1150. The van der Waals surface area contributed by atoms with Gasteiger partial charge in [0.25, 0.3) is 0 Å². The number of fused-ring (bicyclic) bond motifs is 1. The molecule has 1 aliphatic rings. The van der Waals surface area contributed by atoms with Crippen LogP contribution in [0, 0.1) is 0 Å². The Hall–Kier alpha value is -3.51. The van der Waals surface area contributed by atoms with Crippen molar-refractivity contribution in [3.8, 4) is 45.8 Å². The van der Waals surface area contributed by atoms with Crippen LogP contribution in [0.15, 0.2) is 34.7 Å². The minimum atomic E-state index is -1.48. The highest BCUT2D eigenvalue weighted by Gasteiger charge is 2.45. The van der Waals surface area contributed by atoms with Gasteiger partial charge in [-0.1, -0.05) is 0 Å². The van der Waals surface area contributed by atoms with E-state index in [4.69, 9.17) is 23.4 Å². The molecule has 0 amide bonds. The zero-order valence-corrected chi connectivity index (χ0v) is 17.6. The fourth-order valence-corrected chi connectivity index (χ4v) is 3.59. The number of hydrogen-bond acceptors (Lipinski definition) is 10. The minimum Gasteiger partial charge on any atom is -0.507 e. The van der Waals surface area contributed by atoms with Gasteiger partial charge in [0, 0.05) is 24.3 Å². The van der Waals surface area contributed by atoms with Crippen LogP contribution in [0.4, 0.5) is 0 Å². The first-order chi connectivity index (χ1) is 15.8. The molecule has 0 saturated carbocycles. The third-order valence-corrected chi connectivity index (χ3v) is 5.30. The van der Waals surface area contributed by atoms with Gasteiger partial charge in [-0.2, -0.15) is 0 Å². The molecule has 0 unspecified atom stereocenters. The molecule has 0 aliphatic carbocycles. The number of aliphatic hydroxyl groups is 3. The molecule has 0 radical (unpaired) electrons. The van der Waals surface area contributed by atoms with E-state index in [1.165, 1.54) is 38.5 Å². The average molecular weight is 463 g/mol. The molecule has 11 nitrogen and oxygen atoms in total. The van der Waals surface area contributed by atoms with E-state index >= 15 is 0 Å². The summed E-state index contributed by atoms with van der Waals surface area (Å²) in [4.78, 5) is 0. The Morgan fingerprint density at radius 1 is 0.909 bits per heavy atom. The van der Waals surface area contributed by atoms with Crippen LogP contribution in [0.5, 0.6) is 34.5 Å². The van der Waals surface area contributed by atoms with Crippen LogP contribution >= 0.6 is 0 Å². The molecule has 33 heavy (non-hydrogen) atoms. The smallest absolute Gasteiger partial charge is 0.402 e. The van der Waals surface area contributed by atoms with Gasteiger partial charge >= 0.3 is 11.3 Å². The topological polar surface area (TPSA) is 170 Å². The molecule has 176 valence electrons. The van der Waals surface area contributed by atoms with E-state index in [1.54, 1.807) is 0 Å². The number of phenols is 3. The predicted octanol–water partition coefficient (Wildman–Crippen LogP) is 1.33. The van der Waals surface area contributed by atoms with Crippen LogP contribution in [-0.4, -0.2) is 76.1 Å². The molecule has 1 fully saturated rings. The molecule has 4 rings (SSSR count). The van der Waals surface area contributed by atoms with Crippen LogP contribution in [-0.2, 0) is 4.74 Å². The van der Waals surface area contributed by atoms with E-state index < -0.39 is 31.2 Å². The molecule has 2 aromatic carbocycles. The minimum absolute atomic E-state index is 0.0203. The fourth-order valence-electron chi connectivity index (χ4n) is 3.59. The highest BCUT2D eigenvalue weighted by atomic mass is 16.7. The fraction of sp³-hybridized carbons (Fsp3) is 0.318. The molecular weight excluding hydrogens is 440 g/mol. The van der Waals surface area contributed by atoms with Crippen LogP contribution in [0.25, 0.3) is 22.3 Å². The second-order valence-corrected chi connectivity index (χ2v) is 7.37. The van der Waals surface area contributed by atoms with Crippen LogP contribution in [0.1, 0.15) is 0 Å². The summed E-state index contributed by atoms with van der Waals surface area (Å²) in [6, 6.07) is 6.66. The first kappa shape index (κ1) is 22.7. The highest BCUT2D eigenvalue weighted by Crippen LogP contribution is 2.45. The normalized spacial score (nSPS) is 22.5. The van der Waals surface area contributed by atoms with E-state index in [-0.39, 0.29) is 51.2 Å². The van der Waals surface area contributed by atoms with E-state index in [1.807, 2.05) is 0 Å². The average Bonchev–Trinajstić information content (AvgIpc) is 3.07. The van der Waals surface area contributed by atoms with Gasteiger partial charge < -0.3 is 49.6 Å². The molecule has 1 saturated heterocycles. The van der Waals surface area contributed by atoms with E-state index in [0.29, 0.717) is 5.56 Å². The lowest BCUT2D eigenvalue weighted by molar-refractivity contribution is -0.116. The Morgan fingerprint density at radius 2 is 1.58 bits per heavy atom. The van der Waals surface area contributed by atoms with Crippen LogP contribution < -0.4 is 14.2 Å². The standard InChI is InChI=1S/C22H22O11/c1-29-14-3-9(4-15(30-2)18(14)26)21-16(32-22-20(28)19(27)17(8-23)33-22)7-11-12(25)5-10(24)6-13(11)31-21/h3-7,17,19-20,22-23,27-28H,8H2,1-2H3,(H2-,24,25,26)/p+1/t17-,19-,20+,22-/m0/s1. The molecule has 4 atom stereocenters. The summed E-state index contributed by atoms with van der Waals surface area (Å²) in [7, 11) is 2.70. The van der Waals surface area contributed by atoms with Crippen LogP contribution in [0.2, 0.25) is 0 Å². The summed E-state index contributed by atoms with van der Waals surface area (Å²) in [6.07, 6.45) is -5.31. The van der Waals surface area contributed by atoms with Gasteiger partial charge in [-0.25, -0.2) is 4.42 Å². The van der Waals surface area contributed by atoms with Crippen molar-refractivity contribution in [3.05, 3.63) is 30.3 Å². The molecule has 1 aromatic heterocycles. The van der Waals surface area contributed by atoms with Crippen molar-refractivity contribution < 1.29 is 54.0 Å². The van der Waals surface area contributed by atoms with E-state index in [0.717, 1.165) is 6.07 Å². The number of rotatable bonds is 6. The number of aliphatic hydroxyl groups excluding tert-OH is 3. The highest BCUT2D eigenvalue weighted by molar-refractivity contribution is 5.88. The van der Waals surface area contributed by atoms with Gasteiger partial charge in [-0.05, 0) is 0 Å². The zero-order chi connectivity index (χ0) is 23.9. The molecule has 3 aromatic rings. The maximum absolute atomic E-state index is 10.3. The maximum Gasteiger partial charge on any atom is 0.402 e. The van der Waals surface area contributed by atoms with Gasteiger partial charge in [-0.3, -0.25) is 0 Å². The van der Waals surface area contributed by atoms with Crippen molar-refractivity contribution in [1.29, 1.82) is 0 Å². The molecule has 0 bridgehead atoms. The molecular formula is C22H23O11+. The summed E-state index contributed by atoms with van der Waals surface area (Å²) in [5.74, 6) is -0.630. The summed E-state index contributed by atoms with van der Waals surface area (Å²) >= 11 is 0. The first-order valence-electron chi connectivity index (χ1n) is 9.84. The van der Waals surface area contributed by atoms with Gasteiger partial charge in [0.2, 0.25) is 17.8 Å². The van der Waals surface area contributed by atoms with Crippen molar-refractivity contribution >= 4 is 11.0 Å². The quantitative estimate of drug-likeness (QED) is 0.292.